The van der Waals surface area contributed by atoms with Crippen LogP contribution in [-0.2, 0) is 0 Å². The number of aromatic nitrogens is 1. The standard InChI is InChI=1S/C19H23N3O2.H2/c1-11-6-15-9-16(7-11)22(15)19(23)21-14-5-4-12(2)17(8-14)18-20-13(3)10-24-18;/h4-5,8,10-11,15-16H,6-7,9H2,1-3H3,(H,21,23);1H. The topological polar surface area (TPSA) is 58.4 Å². The van der Waals surface area contributed by atoms with E-state index in [-0.39, 0.29) is 7.46 Å². The van der Waals surface area contributed by atoms with E-state index < -0.39 is 0 Å². The zero-order chi connectivity index (χ0) is 16.8. The van der Waals surface area contributed by atoms with Gasteiger partial charge in [-0.1, -0.05) is 13.0 Å². The van der Waals surface area contributed by atoms with Crippen LogP contribution < -0.4 is 5.32 Å². The lowest BCUT2D eigenvalue weighted by Crippen LogP contribution is -2.63. The van der Waals surface area contributed by atoms with Gasteiger partial charge < -0.3 is 14.6 Å². The number of benzene rings is 1. The smallest absolute Gasteiger partial charge is 0.322 e. The number of carbonyl (C=O) groups excluding carboxylic acids is 1. The number of oxazole rings is 1. The maximum atomic E-state index is 12.6. The van der Waals surface area contributed by atoms with Gasteiger partial charge >= 0.3 is 6.03 Å². The SMILES string of the molecule is Cc1coc(-c2cc(NC(=O)N3C4CC(C)CC3C4)ccc2C)n1.[HH]. The Hall–Kier alpha value is -2.30. The summed E-state index contributed by atoms with van der Waals surface area (Å²) in [5, 5.41) is 3.05. The molecule has 3 heterocycles. The first kappa shape index (κ1) is 15.2. The van der Waals surface area contributed by atoms with Crippen LogP contribution in [-0.4, -0.2) is 28.0 Å². The average molecular weight is 327 g/mol. The third kappa shape index (κ3) is 2.58. The first-order chi connectivity index (χ1) is 11.5. The van der Waals surface area contributed by atoms with E-state index >= 15 is 0 Å². The molecule has 2 aliphatic rings. The fourth-order valence-electron chi connectivity index (χ4n) is 4.07. The summed E-state index contributed by atoms with van der Waals surface area (Å²) in [6.45, 7) is 6.19. The minimum absolute atomic E-state index is 0. The number of aryl methyl sites for hydroxylation is 2. The zero-order valence-electron chi connectivity index (χ0n) is 14.4. The van der Waals surface area contributed by atoms with Gasteiger partial charge in [0.15, 0.2) is 0 Å². The highest BCUT2D eigenvalue weighted by Crippen LogP contribution is 2.41. The summed E-state index contributed by atoms with van der Waals surface area (Å²) in [7, 11) is 0. The number of amides is 2. The molecule has 5 heteroatoms. The number of piperidine rings is 1. The van der Waals surface area contributed by atoms with Crippen LogP contribution in [0.5, 0.6) is 0 Å². The van der Waals surface area contributed by atoms with Crippen LogP contribution in [0.15, 0.2) is 28.9 Å². The molecule has 1 aromatic carbocycles. The predicted octanol–water partition coefficient (Wildman–Crippen LogP) is 4.61. The molecule has 24 heavy (non-hydrogen) atoms. The molecule has 128 valence electrons. The maximum absolute atomic E-state index is 12.6. The number of urea groups is 1. The summed E-state index contributed by atoms with van der Waals surface area (Å²) >= 11 is 0. The first-order valence-corrected chi connectivity index (χ1v) is 8.63. The lowest BCUT2D eigenvalue weighted by atomic mass is 9.74. The van der Waals surface area contributed by atoms with Crippen LogP contribution in [0.2, 0.25) is 0 Å². The van der Waals surface area contributed by atoms with Gasteiger partial charge in [0, 0.05) is 24.8 Å². The number of rotatable bonds is 2. The second kappa shape index (κ2) is 5.65. The van der Waals surface area contributed by atoms with Crippen molar-refractivity contribution >= 4 is 11.7 Å². The molecule has 1 aromatic heterocycles. The highest BCUT2D eigenvalue weighted by molar-refractivity contribution is 5.91. The first-order valence-electron chi connectivity index (χ1n) is 8.63. The van der Waals surface area contributed by atoms with Crippen molar-refractivity contribution in [1.82, 2.24) is 9.88 Å². The second-order valence-electron chi connectivity index (χ2n) is 7.28. The highest BCUT2D eigenvalue weighted by Gasteiger charge is 2.46. The van der Waals surface area contributed by atoms with Crippen molar-refractivity contribution < 1.29 is 10.6 Å². The number of fused-ring (bicyclic) bond motifs is 2. The van der Waals surface area contributed by atoms with E-state index in [9.17, 15) is 4.79 Å². The van der Waals surface area contributed by atoms with Crippen molar-refractivity contribution in [2.45, 2.75) is 52.1 Å². The molecule has 2 fully saturated rings. The predicted molar refractivity (Wildman–Crippen MR) is 95.0 cm³/mol. The Morgan fingerprint density at radius 2 is 2.04 bits per heavy atom. The van der Waals surface area contributed by atoms with Gasteiger partial charge in [-0.2, -0.15) is 0 Å². The Morgan fingerprint density at radius 1 is 1.29 bits per heavy atom. The van der Waals surface area contributed by atoms with Crippen LogP contribution in [0, 0.1) is 19.8 Å². The van der Waals surface area contributed by atoms with Crippen molar-refractivity contribution in [3.05, 3.63) is 35.7 Å². The Kier molecular flexibility index (Phi) is 3.59. The number of carbonyl (C=O) groups is 1. The molecule has 2 aromatic rings. The molecule has 2 amide bonds. The molecule has 0 spiro atoms. The lowest BCUT2D eigenvalue weighted by Gasteiger charge is -2.54. The van der Waals surface area contributed by atoms with Crippen LogP contribution in [0.1, 0.15) is 38.9 Å². The third-order valence-electron chi connectivity index (χ3n) is 5.25. The molecule has 2 saturated heterocycles. The van der Waals surface area contributed by atoms with Crippen LogP contribution in [0.4, 0.5) is 10.5 Å². The minimum atomic E-state index is 0. The van der Waals surface area contributed by atoms with Gasteiger partial charge in [-0.3, -0.25) is 0 Å². The average Bonchev–Trinajstić information content (AvgIpc) is 2.95. The number of nitrogens with one attached hydrogen (secondary N) is 1. The molecule has 5 nitrogen and oxygen atoms in total. The molecule has 0 aliphatic carbocycles. The summed E-state index contributed by atoms with van der Waals surface area (Å²) in [5.74, 6) is 1.33. The van der Waals surface area contributed by atoms with Crippen molar-refractivity contribution in [2.75, 3.05) is 5.32 Å². The molecule has 0 radical (unpaired) electrons. The van der Waals surface area contributed by atoms with Crippen molar-refractivity contribution in [3.8, 4) is 11.5 Å². The van der Waals surface area contributed by atoms with E-state index in [0.717, 1.165) is 47.7 Å². The largest absolute Gasteiger partial charge is 0.444 e. The van der Waals surface area contributed by atoms with E-state index in [1.165, 1.54) is 0 Å². The van der Waals surface area contributed by atoms with Gasteiger partial charge in [0.1, 0.15) is 6.26 Å². The molecular weight excluding hydrogens is 302 g/mol. The monoisotopic (exact) mass is 327 g/mol. The Morgan fingerprint density at radius 3 is 2.71 bits per heavy atom. The number of nitrogens with zero attached hydrogens (tertiary/aromatic N) is 2. The fourth-order valence-corrected chi connectivity index (χ4v) is 4.07. The molecule has 2 unspecified atom stereocenters. The molecule has 2 atom stereocenters. The Labute approximate surface area is 143 Å². The summed E-state index contributed by atoms with van der Waals surface area (Å²) < 4.78 is 5.51. The van der Waals surface area contributed by atoms with Crippen LogP contribution >= 0.6 is 0 Å². The van der Waals surface area contributed by atoms with Gasteiger partial charge in [-0.05, 0) is 56.7 Å². The fraction of sp³-hybridized carbons (Fsp3) is 0.474. The van der Waals surface area contributed by atoms with Gasteiger partial charge in [0.2, 0.25) is 5.89 Å². The maximum Gasteiger partial charge on any atom is 0.322 e. The normalized spacial score (nSPS) is 25.3. The number of hydrogen-bond acceptors (Lipinski definition) is 3. The van der Waals surface area contributed by atoms with E-state index in [1.807, 2.05) is 36.9 Å². The minimum Gasteiger partial charge on any atom is -0.444 e. The second-order valence-corrected chi connectivity index (χ2v) is 7.28. The number of hydrogen-bond donors (Lipinski definition) is 1. The molecule has 2 bridgehead atoms. The van der Waals surface area contributed by atoms with Crippen molar-refractivity contribution in [1.29, 1.82) is 0 Å². The molecule has 2 aliphatic heterocycles. The molecule has 1 N–H and O–H groups in total. The van der Waals surface area contributed by atoms with Crippen LogP contribution in [0.25, 0.3) is 11.5 Å². The molecule has 4 rings (SSSR count). The van der Waals surface area contributed by atoms with E-state index in [1.54, 1.807) is 6.26 Å². The summed E-state index contributed by atoms with van der Waals surface area (Å²) in [4.78, 5) is 19.0. The van der Waals surface area contributed by atoms with Gasteiger partial charge in [-0.15, -0.1) is 0 Å². The Bertz CT molecular complexity index is 777. The summed E-state index contributed by atoms with van der Waals surface area (Å²) in [6.07, 6.45) is 5.05. The van der Waals surface area contributed by atoms with E-state index in [0.29, 0.717) is 18.0 Å². The van der Waals surface area contributed by atoms with Crippen LogP contribution in [0.3, 0.4) is 0 Å². The molecular formula is C19H25N3O2. The van der Waals surface area contributed by atoms with Gasteiger partial charge in [0.25, 0.3) is 0 Å². The number of anilines is 1. The van der Waals surface area contributed by atoms with E-state index in [2.05, 4.69) is 17.2 Å². The summed E-state index contributed by atoms with van der Waals surface area (Å²) in [6, 6.07) is 6.71. The van der Waals surface area contributed by atoms with Gasteiger partial charge in [-0.25, -0.2) is 9.78 Å². The highest BCUT2D eigenvalue weighted by atomic mass is 16.3. The van der Waals surface area contributed by atoms with Crippen molar-refractivity contribution in [2.24, 2.45) is 5.92 Å². The lowest BCUT2D eigenvalue weighted by molar-refractivity contribution is -0.00600. The Balaban J connectivity index is 0.00000182. The summed E-state index contributed by atoms with van der Waals surface area (Å²) in [5.41, 5.74) is 3.62. The van der Waals surface area contributed by atoms with Gasteiger partial charge in [0.05, 0.1) is 5.69 Å². The quantitative estimate of drug-likeness (QED) is 0.876. The zero-order valence-corrected chi connectivity index (χ0v) is 14.4. The molecule has 0 saturated carbocycles. The van der Waals surface area contributed by atoms with E-state index in [4.69, 9.17) is 4.42 Å². The third-order valence-corrected chi connectivity index (χ3v) is 5.25. The van der Waals surface area contributed by atoms with Crippen molar-refractivity contribution in [3.63, 3.8) is 0 Å².